The molecule has 0 saturated carbocycles. The summed E-state index contributed by atoms with van der Waals surface area (Å²) in [6.07, 6.45) is 0. The number of carbonyl (C=O) groups is 1. The Kier molecular flexibility index (Phi) is 3.65. The van der Waals surface area contributed by atoms with Gasteiger partial charge in [0.1, 0.15) is 0 Å². The van der Waals surface area contributed by atoms with Crippen LogP contribution in [-0.4, -0.2) is 35.1 Å². The molecule has 0 atom stereocenters. The quantitative estimate of drug-likeness (QED) is 0.925. The molecular weight excluding hydrogens is 260 g/mol. The number of aromatic carboxylic acids is 1. The SMILES string of the molecule is COc1cccc(-c2c(C)nn(C)c2C(=O)O)c1OC. The second kappa shape index (κ2) is 5.24. The van der Waals surface area contributed by atoms with Gasteiger partial charge in [-0.25, -0.2) is 4.79 Å². The number of aryl methyl sites for hydroxylation is 2. The highest BCUT2D eigenvalue weighted by atomic mass is 16.5. The van der Waals surface area contributed by atoms with E-state index in [0.29, 0.717) is 28.3 Å². The molecule has 0 fully saturated rings. The van der Waals surface area contributed by atoms with Crippen LogP contribution >= 0.6 is 0 Å². The van der Waals surface area contributed by atoms with Gasteiger partial charge >= 0.3 is 5.97 Å². The van der Waals surface area contributed by atoms with Crippen LogP contribution in [0.15, 0.2) is 18.2 Å². The summed E-state index contributed by atoms with van der Waals surface area (Å²) in [4.78, 5) is 11.5. The lowest BCUT2D eigenvalue weighted by atomic mass is 10.0. The van der Waals surface area contributed by atoms with Crippen LogP contribution in [-0.2, 0) is 7.05 Å². The Morgan fingerprint density at radius 2 is 2.00 bits per heavy atom. The fraction of sp³-hybridized carbons (Fsp3) is 0.286. The minimum atomic E-state index is -1.03. The number of methoxy groups -OCH3 is 2. The molecule has 0 amide bonds. The largest absolute Gasteiger partial charge is 0.493 e. The highest BCUT2D eigenvalue weighted by Crippen LogP contribution is 2.40. The van der Waals surface area contributed by atoms with Gasteiger partial charge in [-0.3, -0.25) is 4.68 Å². The smallest absolute Gasteiger partial charge is 0.354 e. The van der Waals surface area contributed by atoms with Crippen LogP contribution in [0.1, 0.15) is 16.2 Å². The van der Waals surface area contributed by atoms with E-state index in [0.717, 1.165) is 0 Å². The number of para-hydroxylation sites is 1. The highest BCUT2D eigenvalue weighted by molar-refractivity contribution is 5.96. The topological polar surface area (TPSA) is 73.6 Å². The van der Waals surface area contributed by atoms with Crippen LogP contribution < -0.4 is 9.47 Å². The van der Waals surface area contributed by atoms with E-state index in [9.17, 15) is 9.90 Å². The first-order chi connectivity index (χ1) is 9.51. The maximum Gasteiger partial charge on any atom is 0.354 e. The molecule has 1 heterocycles. The van der Waals surface area contributed by atoms with Crippen molar-refractivity contribution in [3.8, 4) is 22.6 Å². The maximum atomic E-state index is 11.5. The van der Waals surface area contributed by atoms with Gasteiger partial charge in [0.25, 0.3) is 0 Å². The predicted molar refractivity (Wildman–Crippen MR) is 73.4 cm³/mol. The van der Waals surface area contributed by atoms with Crippen molar-refractivity contribution >= 4 is 5.97 Å². The number of aromatic nitrogens is 2. The Balaban J connectivity index is 2.78. The van der Waals surface area contributed by atoms with Crippen molar-refractivity contribution in [1.29, 1.82) is 0 Å². The Hall–Kier alpha value is -2.50. The van der Waals surface area contributed by atoms with Crippen molar-refractivity contribution < 1.29 is 19.4 Å². The monoisotopic (exact) mass is 276 g/mol. The summed E-state index contributed by atoms with van der Waals surface area (Å²) in [5.41, 5.74) is 1.93. The fourth-order valence-corrected chi connectivity index (χ4v) is 2.31. The first-order valence-electron chi connectivity index (χ1n) is 5.99. The molecule has 1 N–H and O–H groups in total. The summed E-state index contributed by atoms with van der Waals surface area (Å²) >= 11 is 0. The van der Waals surface area contributed by atoms with Gasteiger partial charge in [0.05, 0.1) is 19.9 Å². The molecule has 106 valence electrons. The molecule has 0 radical (unpaired) electrons. The lowest BCUT2D eigenvalue weighted by Gasteiger charge is -2.12. The average Bonchev–Trinajstić information content (AvgIpc) is 2.72. The van der Waals surface area contributed by atoms with Crippen LogP contribution in [0.5, 0.6) is 11.5 Å². The molecule has 0 aliphatic heterocycles. The van der Waals surface area contributed by atoms with Gasteiger partial charge in [-0.05, 0) is 13.0 Å². The molecule has 2 aromatic rings. The zero-order chi connectivity index (χ0) is 14.9. The van der Waals surface area contributed by atoms with Gasteiger partial charge in [-0.1, -0.05) is 12.1 Å². The molecule has 2 rings (SSSR count). The van der Waals surface area contributed by atoms with Crippen LogP contribution in [0.2, 0.25) is 0 Å². The van der Waals surface area contributed by atoms with Crippen molar-refractivity contribution in [3.63, 3.8) is 0 Å². The molecule has 0 saturated heterocycles. The Morgan fingerprint density at radius 3 is 2.55 bits per heavy atom. The van der Waals surface area contributed by atoms with E-state index in [-0.39, 0.29) is 5.69 Å². The van der Waals surface area contributed by atoms with E-state index in [1.807, 2.05) is 0 Å². The van der Waals surface area contributed by atoms with E-state index in [4.69, 9.17) is 9.47 Å². The average molecular weight is 276 g/mol. The lowest BCUT2D eigenvalue weighted by molar-refractivity contribution is 0.0686. The molecule has 0 unspecified atom stereocenters. The molecule has 0 aliphatic rings. The summed E-state index contributed by atoms with van der Waals surface area (Å²) in [6, 6.07) is 5.33. The fourth-order valence-electron chi connectivity index (χ4n) is 2.31. The third-order valence-corrected chi connectivity index (χ3v) is 3.10. The van der Waals surface area contributed by atoms with Crippen molar-refractivity contribution in [3.05, 3.63) is 29.6 Å². The standard InChI is InChI=1S/C14H16N2O4/c1-8-11(12(14(17)18)16(2)15-8)9-6-5-7-10(19-3)13(9)20-4/h5-7H,1-4H3,(H,17,18). The van der Waals surface area contributed by atoms with Crippen LogP contribution in [0.4, 0.5) is 0 Å². The highest BCUT2D eigenvalue weighted by Gasteiger charge is 2.24. The molecule has 0 bridgehead atoms. The Labute approximate surface area is 116 Å². The van der Waals surface area contributed by atoms with Gasteiger partial charge in [0.15, 0.2) is 17.2 Å². The first-order valence-corrected chi connectivity index (χ1v) is 5.99. The van der Waals surface area contributed by atoms with Crippen molar-refractivity contribution in [2.75, 3.05) is 14.2 Å². The Bertz CT molecular complexity index is 661. The van der Waals surface area contributed by atoms with Gasteiger partial charge in [0, 0.05) is 18.2 Å². The number of hydrogen-bond donors (Lipinski definition) is 1. The van der Waals surface area contributed by atoms with Gasteiger partial charge in [0.2, 0.25) is 0 Å². The number of rotatable bonds is 4. The number of carboxylic acid groups (broad SMARTS) is 1. The normalized spacial score (nSPS) is 10.4. The second-order valence-corrected chi connectivity index (χ2v) is 4.28. The number of hydrogen-bond acceptors (Lipinski definition) is 4. The van der Waals surface area contributed by atoms with E-state index < -0.39 is 5.97 Å². The van der Waals surface area contributed by atoms with Crippen molar-refractivity contribution in [1.82, 2.24) is 9.78 Å². The summed E-state index contributed by atoms with van der Waals surface area (Å²) in [5, 5.41) is 13.6. The van der Waals surface area contributed by atoms with E-state index in [1.165, 1.54) is 18.9 Å². The number of benzene rings is 1. The molecule has 1 aromatic heterocycles. The van der Waals surface area contributed by atoms with E-state index in [1.54, 1.807) is 32.2 Å². The third-order valence-electron chi connectivity index (χ3n) is 3.10. The number of nitrogens with zero attached hydrogens (tertiary/aromatic N) is 2. The zero-order valence-corrected chi connectivity index (χ0v) is 11.8. The predicted octanol–water partition coefficient (Wildman–Crippen LogP) is 2.11. The number of ether oxygens (including phenoxy) is 2. The summed E-state index contributed by atoms with van der Waals surface area (Å²) in [7, 11) is 4.66. The third kappa shape index (κ3) is 2.09. The van der Waals surface area contributed by atoms with E-state index >= 15 is 0 Å². The zero-order valence-electron chi connectivity index (χ0n) is 11.8. The molecule has 6 nitrogen and oxygen atoms in total. The lowest BCUT2D eigenvalue weighted by Crippen LogP contribution is -2.07. The molecule has 6 heteroatoms. The molecular formula is C14H16N2O4. The summed E-state index contributed by atoms with van der Waals surface area (Å²) in [5.74, 6) is 0.00571. The Morgan fingerprint density at radius 1 is 1.30 bits per heavy atom. The first kappa shape index (κ1) is 13.9. The molecule has 20 heavy (non-hydrogen) atoms. The van der Waals surface area contributed by atoms with Gasteiger partial charge in [-0.2, -0.15) is 5.10 Å². The summed E-state index contributed by atoms with van der Waals surface area (Å²) < 4.78 is 12.0. The second-order valence-electron chi connectivity index (χ2n) is 4.28. The van der Waals surface area contributed by atoms with E-state index in [2.05, 4.69) is 5.10 Å². The summed E-state index contributed by atoms with van der Waals surface area (Å²) in [6.45, 7) is 1.76. The van der Waals surface area contributed by atoms with Gasteiger partial charge in [-0.15, -0.1) is 0 Å². The van der Waals surface area contributed by atoms with Crippen LogP contribution in [0.3, 0.4) is 0 Å². The van der Waals surface area contributed by atoms with Crippen LogP contribution in [0, 0.1) is 6.92 Å². The van der Waals surface area contributed by atoms with Crippen molar-refractivity contribution in [2.24, 2.45) is 7.05 Å². The number of carboxylic acids is 1. The van der Waals surface area contributed by atoms with Crippen LogP contribution in [0.25, 0.3) is 11.1 Å². The van der Waals surface area contributed by atoms with Gasteiger partial charge < -0.3 is 14.6 Å². The molecule has 0 spiro atoms. The molecule has 1 aromatic carbocycles. The van der Waals surface area contributed by atoms with Crippen molar-refractivity contribution in [2.45, 2.75) is 6.92 Å². The molecule has 0 aliphatic carbocycles. The minimum absolute atomic E-state index is 0.119. The maximum absolute atomic E-state index is 11.5. The minimum Gasteiger partial charge on any atom is -0.493 e.